The molecule has 0 radical (unpaired) electrons. The molecule has 0 fully saturated rings. The number of rotatable bonds is 6. The number of aliphatic carboxylic acids is 2. The molecule has 1 aliphatic heterocycles. The lowest BCUT2D eigenvalue weighted by molar-refractivity contribution is -0.143. The van der Waals surface area contributed by atoms with Gasteiger partial charge in [0.1, 0.15) is 11.9 Å². The number of halogens is 1. The first-order valence-corrected chi connectivity index (χ1v) is 10.5. The van der Waals surface area contributed by atoms with Gasteiger partial charge in [0.05, 0.1) is 18.4 Å². The molecule has 3 rings (SSSR count). The van der Waals surface area contributed by atoms with Gasteiger partial charge >= 0.3 is 11.9 Å². The fourth-order valence-corrected chi connectivity index (χ4v) is 4.12. The molecular formula is C22H23FN2O4S. The maximum absolute atomic E-state index is 13.0. The molecule has 1 aliphatic rings. The Kier molecular flexibility index (Phi) is 9.32. The van der Waals surface area contributed by atoms with Gasteiger partial charge in [-0.1, -0.05) is 18.2 Å². The molecule has 158 valence electrons. The summed E-state index contributed by atoms with van der Waals surface area (Å²) in [7, 11) is 0. The van der Waals surface area contributed by atoms with Crippen molar-refractivity contribution in [3.8, 4) is 6.07 Å². The van der Waals surface area contributed by atoms with Crippen LogP contribution in [0.25, 0.3) is 0 Å². The second-order valence-electron chi connectivity index (χ2n) is 6.64. The fraction of sp³-hybridized carbons (Fsp3) is 0.318. The molecule has 0 atom stereocenters. The standard InChI is InChI=1S/C18H17FN2S.C4H6O4/c19-16-5-1-13(2-6-16)12-22-18-15(11-20)4-3-14-7-9-21-10-8-17(14)18;5-3(6)1-2-4(7)8/h1-6,21H,7-10,12H2;1-2H2,(H,5,6)(H,7,8). The van der Waals surface area contributed by atoms with Gasteiger partial charge in [0, 0.05) is 10.6 Å². The lowest BCUT2D eigenvalue weighted by atomic mass is 10.0. The van der Waals surface area contributed by atoms with Crippen molar-refractivity contribution >= 4 is 23.7 Å². The Morgan fingerprint density at radius 2 is 1.67 bits per heavy atom. The number of hydrogen-bond acceptors (Lipinski definition) is 5. The van der Waals surface area contributed by atoms with Crippen molar-refractivity contribution in [3.63, 3.8) is 0 Å². The van der Waals surface area contributed by atoms with Crippen molar-refractivity contribution in [2.75, 3.05) is 13.1 Å². The smallest absolute Gasteiger partial charge is 0.303 e. The molecule has 0 aromatic heterocycles. The lowest BCUT2D eigenvalue weighted by Gasteiger charge is -2.13. The Labute approximate surface area is 178 Å². The van der Waals surface area contributed by atoms with Gasteiger partial charge in [-0.15, -0.1) is 11.8 Å². The zero-order valence-corrected chi connectivity index (χ0v) is 17.2. The Bertz CT molecular complexity index is 912. The number of fused-ring (bicyclic) bond motifs is 1. The third-order valence-electron chi connectivity index (χ3n) is 4.45. The average Bonchev–Trinajstić information content (AvgIpc) is 2.97. The topological polar surface area (TPSA) is 110 Å². The number of nitriles is 1. The first-order chi connectivity index (χ1) is 14.4. The van der Waals surface area contributed by atoms with E-state index < -0.39 is 11.9 Å². The van der Waals surface area contributed by atoms with E-state index in [-0.39, 0.29) is 18.7 Å². The average molecular weight is 431 g/mol. The normalized spacial score (nSPS) is 12.5. The van der Waals surface area contributed by atoms with Crippen LogP contribution in [0.5, 0.6) is 0 Å². The van der Waals surface area contributed by atoms with Crippen LogP contribution in [-0.4, -0.2) is 35.2 Å². The van der Waals surface area contributed by atoms with Crippen LogP contribution in [0.3, 0.4) is 0 Å². The molecule has 30 heavy (non-hydrogen) atoms. The first kappa shape index (κ1) is 23.4. The monoisotopic (exact) mass is 430 g/mol. The van der Waals surface area contributed by atoms with E-state index in [2.05, 4.69) is 17.5 Å². The largest absolute Gasteiger partial charge is 0.481 e. The summed E-state index contributed by atoms with van der Waals surface area (Å²) in [5, 5.41) is 28.6. The van der Waals surface area contributed by atoms with E-state index in [1.165, 1.54) is 23.3 Å². The Morgan fingerprint density at radius 3 is 2.27 bits per heavy atom. The molecule has 8 heteroatoms. The lowest BCUT2D eigenvalue weighted by Crippen LogP contribution is -2.16. The number of carbonyl (C=O) groups is 2. The van der Waals surface area contributed by atoms with Crippen molar-refractivity contribution in [2.45, 2.75) is 36.3 Å². The number of nitrogens with zero attached hydrogens (tertiary/aromatic N) is 1. The van der Waals surface area contributed by atoms with Crippen LogP contribution in [0.2, 0.25) is 0 Å². The SMILES string of the molecule is N#Cc1ccc2c(c1SCc1ccc(F)cc1)CCNCC2.O=C(O)CCC(=O)O. The van der Waals surface area contributed by atoms with E-state index in [4.69, 9.17) is 10.2 Å². The van der Waals surface area contributed by atoms with E-state index in [0.717, 1.165) is 47.7 Å². The molecule has 0 amide bonds. The summed E-state index contributed by atoms with van der Waals surface area (Å²) in [4.78, 5) is 20.4. The predicted molar refractivity (Wildman–Crippen MR) is 112 cm³/mol. The number of benzene rings is 2. The number of hydrogen-bond donors (Lipinski definition) is 3. The van der Waals surface area contributed by atoms with Crippen LogP contribution < -0.4 is 5.32 Å². The summed E-state index contributed by atoms with van der Waals surface area (Å²) in [5.41, 5.74) is 4.45. The summed E-state index contributed by atoms with van der Waals surface area (Å²) in [6.45, 7) is 1.94. The van der Waals surface area contributed by atoms with Crippen LogP contribution in [0.4, 0.5) is 4.39 Å². The van der Waals surface area contributed by atoms with Crippen molar-refractivity contribution in [1.82, 2.24) is 5.32 Å². The highest BCUT2D eigenvalue weighted by Crippen LogP contribution is 2.33. The van der Waals surface area contributed by atoms with Crippen molar-refractivity contribution in [3.05, 3.63) is 64.5 Å². The van der Waals surface area contributed by atoms with Crippen LogP contribution in [0.15, 0.2) is 41.3 Å². The number of thioether (sulfide) groups is 1. The molecule has 0 spiro atoms. The minimum atomic E-state index is -1.08. The first-order valence-electron chi connectivity index (χ1n) is 9.47. The molecule has 3 N–H and O–H groups in total. The van der Waals surface area contributed by atoms with Gasteiger partial charge in [-0.05, 0) is 60.8 Å². The molecule has 0 saturated carbocycles. The van der Waals surface area contributed by atoms with Crippen molar-refractivity contribution in [2.24, 2.45) is 0 Å². The Balaban J connectivity index is 0.000000343. The fourth-order valence-electron chi connectivity index (χ4n) is 2.94. The number of carboxylic acids is 2. The van der Waals surface area contributed by atoms with Crippen molar-refractivity contribution < 1.29 is 24.2 Å². The molecule has 6 nitrogen and oxygen atoms in total. The van der Waals surface area contributed by atoms with E-state index >= 15 is 0 Å². The molecule has 2 aromatic carbocycles. The molecule has 0 bridgehead atoms. The van der Waals surface area contributed by atoms with Crippen LogP contribution in [0.1, 0.15) is 35.1 Å². The molecule has 2 aromatic rings. The van der Waals surface area contributed by atoms with Gasteiger partial charge in [0.25, 0.3) is 0 Å². The summed E-state index contributed by atoms with van der Waals surface area (Å²) < 4.78 is 13.0. The highest BCUT2D eigenvalue weighted by molar-refractivity contribution is 7.98. The molecular weight excluding hydrogens is 407 g/mol. The summed E-state index contributed by atoms with van der Waals surface area (Å²) in [6.07, 6.45) is 1.37. The molecule has 0 unspecified atom stereocenters. The van der Waals surface area contributed by atoms with E-state index in [0.29, 0.717) is 0 Å². The van der Waals surface area contributed by atoms with Gasteiger partial charge in [-0.2, -0.15) is 5.26 Å². The highest BCUT2D eigenvalue weighted by atomic mass is 32.2. The van der Waals surface area contributed by atoms with Crippen LogP contribution >= 0.6 is 11.8 Å². The third-order valence-corrected chi connectivity index (χ3v) is 5.68. The van der Waals surface area contributed by atoms with Gasteiger partial charge in [0.2, 0.25) is 0 Å². The maximum atomic E-state index is 13.0. The second kappa shape index (κ2) is 12.0. The van der Waals surface area contributed by atoms with Gasteiger partial charge < -0.3 is 15.5 Å². The third kappa shape index (κ3) is 7.50. The Hall–Kier alpha value is -2.89. The molecule has 0 aliphatic carbocycles. The second-order valence-corrected chi connectivity index (χ2v) is 7.63. The maximum Gasteiger partial charge on any atom is 0.303 e. The zero-order valence-electron chi connectivity index (χ0n) is 16.4. The van der Waals surface area contributed by atoms with E-state index in [9.17, 15) is 19.2 Å². The minimum absolute atomic E-state index is 0.217. The summed E-state index contributed by atoms with van der Waals surface area (Å²) in [5.74, 6) is -1.62. The minimum Gasteiger partial charge on any atom is -0.481 e. The van der Waals surface area contributed by atoms with Crippen LogP contribution in [-0.2, 0) is 28.2 Å². The van der Waals surface area contributed by atoms with Crippen molar-refractivity contribution in [1.29, 1.82) is 5.26 Å². The van der Waals surface area contributed by atoms with E-state index in [1.54, 1.807) is 23.9 Å². The molecule has 1 heterocycles. The number of carboxylic acid groups (broad SMARTS) is 2. The van der Waals surface area contributed by atoms with Gasteiger partial charge in [0.15, 0.2) is 0 Å². The zero-order chi connectivity index (χ0) is 21.9. The van der Waals surface area contributed by atoms with Gasteiger partial charge in [-0.25, -0.2) is 4.39 Å². The van der Waals surface area contributed by atoms with E-state index in [1.807, 2.05) is 6.07 Å². The Morgan fingerprint density at radius 1 is 1.03 bits per heavy atom. The van der Waals surface area contributed by atoms with Gasteiger partial charge in [-0.3, -0.25) is 9.59 Å². The number of nitrogens with one attached hydrogen (secondary N) is 1. The quantitative estimate of drug-likeness (QED) is 0.601. The molecule has 0 saturated heterocycles. The predicted octanol–water partition coefficient (Wildman–Crippen LogP) is 3.61. The summed E-state index contributed by atoms with van der Waals surface area (Å²) in [6, 6.07) is 12.9. The summed E-state index contributed by atoms with van der Waals surface area (Å²) >= 11 is 1.68. The van der Waals surface area contributed by atoms with Crippen LogP contribution in [0, 0.1) is 17.1 Å². The highest BCUT2D eigenvalue weighted by Gasteiger charge is 2.16.